The van der Waals surface area contributed by atoms with Crippen LogP contribution in [0.1, 0.15) is 11.1 Å². The zero-order valence-electron chi connectivity index (χ0n) is 12.5. The SMILES string of the molecule is COc1ccc(/C=C2/N=C(Cc3ccccc3)OC2=O)cc1O. The first-order chi connectivity index (χ1) is 11.2. The quantitative estimate of drug-likeness (QED) is 0.696. The highest BCUT2D eigenvalue weighted by molar-refractivity contribution is 6.07. The van der Waals surface area contributed by atoms with E-state index in [1.54, 1.807) is 18.2 Å². The van der Waals surface area contributed by atoms with Crippen molar-refractivity contribution in [2.24, 2.45) is 4.99 Å². The van der Waals surface area contributed by atoms with Crippen LogP contribution in [0.3, 0.4) is 0 Å². The van der Waals surface area contributed by atoms with Crippen molar-refractivity contribution in [3.63, 3.8) is 0 Å². The molecular formula is C18H15NO4. The molecule has 1 aliphatic rings. The fourth-order valence-corrected chi connectivity index (χ4v) is 2.25. The van der Waals surface area contributed by atoms with Gasteiger partial charge in [0.1, 0.15) is 0 Å². The normalized spacial score (nSPS) is 15.4. The number of rotatable bonds is 4. The van der Waals surface area contributed by atoms with Gasteiger partial charge in [-0.25, -0.2) is 9.79 Å². The summed E-state index contributed by atoms with van der Waals surface area (Å²) >= 11 is 0. The predicted molar refractivity (Wildman–Crippen MR) is 86.3 cm³/mol. The van der Waals surface area contributed by atoms with Crippen LogP contribution in [-0.4, -0.2) is 24.1 Å². The first kappa shape index (κ1) is 14.8. The molecule has 5 heteroatoms. The average Bonchev–Trinajstić information content (AvgIpc) is 2.88. The van der Waals surface area contributed by atoms with Crippen LogP contribution < -0.4 is 4.74 Å². The maximum absolute atomic E-state index is 11.9. The van der Waals surface area contributed by atoms with Crippen LogP contribution >= 0.6 is 0 Å². The van der Waals surface area contributed by atoms with Crippen LogP contribution in [-0.2, 0) is 16.0 Å². The molecule has 1 aliphatic heterocycles. The van der Waals surface area contributed by atoms with Crippen LogP contribution in [0.4, 0.5) is 0 Å². The largest absolute Gasteiger partial charge is 0.504 e. The van der Waals surface area contributed by atoms with Gasteiger partial charge in [0.05, 0.1) is 7.11 Å². The lowest BCUT2D eigenvalue weighted by Gasteiger charge is -2.03. The number of carbonyl (C=O) groups excluding carboxylic acids is 1. The van der Waals surface area contributed by atoms with Gasteiger partial charge in [-0.1, -0.05) is 36.4 Å². The fourth-order valence-electron chi connectivity index (χ4n) is 2.25. The summed E-state index contributed by atoms with van der Waals surface area (Å²) in [4.78, 5) is 16.1. The topological polar surface area (TPSA) is 68.1 Å². The number of methoxy groups -OCH3 is 1. The molecule has 0 saturated heterocycles. The molecule has 1 heterocycles. The van der Waals surface area contributed by atoms with Gasteiger partial charge in [0.15, 0.2) is 17.2 Å². The van der Waals surface area contributed by atoms with Gasteiger partial charge in [-0.05, 0) is 29.3 Å². The van der Waals surface area contributed by atoms with Crippen molar-refractivity contribution in [1.82, 2.24) is 0 Å². The molecular weight excluding hydrogens is 294 g/mol. The van der Waals surface area contributed by atoms with Crippen LogP contribution in [0, 0.1) is 0 Å². The Balaban J connectivity index is 1.82. The van der Waals surface area contributed by atoms with E-state index in [0.717, 1.165) is 5.56 Å². The fraction of sp³-hybridized carbons (Fsp3) is 0.111. The molecule has 2 aromatic carbocycles. The van der Waals surface area contributed by atoms with Crippen molar-refractivity contribution >= 4 is 17.9 Å². The minimum absolute atomic E-state index is 0.00158. The molecule has 0 atom stereocenters. The molecule has 0 aliphatic carbocycles. The number of cyclic esters (lactones) is 1. The summed E-state index contributed by atoms with van der Waals surface area (Å²) in [5.74, 6) is 0.243. The summed E-state index contributed by atoms with van der Waals surface area (Å²) < 4.78 is 10.2. The van der Waals surface area contributed by atoms with E-state index in [-0.39, 0.29) is 11.4 Å². The Kier molecular flexibility index (Phi) is 4.10. The Bertz CT molecular complexity index is 794. The van der Waals surface area contributed by atoms with Crippen molar-refractivity contribution in [2.45, 2.75) is 6.42 Å². The molecule has 2 aromatic rings. The van der Waals surface area contributed by atoms with E-state index >= 15 is 0 Å². The highest BCUT2D eigenvalue weighted by atomic mass is 16.6. The van der Waals surface area contributed by atoms with E-state index in [9.17, 15) is 9.90 Å². The zero-order valence-corrected chi connectivity index (χ0v) is 12.5. The second-order valence-electron chi connectivity index (χ2n) is 5.02. The van der Waals surface area contributed by atoms with Gasteiger partial charge in [-0.15, -0.1) is 0 Å². The molecule has 3 rings (SSSR count). The maximum Gasteiger partial charge on any atom is 0.363 e. The zero-order chi connectivity index (χ0) is 16.2. The summed E-state index contributed by atoms with van der Waals surface area (Å²) in [5, 5.41) is 9.77. The molecule has 0 bridgehead atoms. The lowest BCUT2D eigenvalue weighted by Crippen LogP contribution is -2.06. The van der Waals surface area contributed by atoms with E-state index in [1.165, 1.54) is 13.2 Å². The van der Waals surface area contributed by atoms with Crippen LogP contribution in [0.2, 0.25) is 0 Å². The van der Waals surface area contributed by atoms with E-state index in [0.29, 0.717) is 23.6 Å². The summed E-state index contributed by atoms with van der Waals surface area (Å²) in [6, 6.07) is 14.5. The van der Waals surface area contributed by atoms with Gasteiger partial charge in [0.25, 0.3) is 0 Å². The maximum atomic E-state index is 11.9. The van der Waals surface area contributed by atoms with Crippen molar-refractivity contribution in [2.75, 3.05) is 7.11 Å². The van der Waals surface area contributed by atoms with E-state index in [2.05, 4.69) is 4.99 Å². The highest BCUT2D eigenvalue weighted by Crippen LogP contribution is 2.28. The summed E-state index contributed by atoms with van der Waals surface area (Å²) in [7, 11) is 1.47. The molecule has 1 N–H and O–H groups in total. The van der Waals surface area contributed by atoms with Crippen LogP contribution in [0.15, 0.2) is 59.2 Å². The molecule has 0 radical (unpaired) electrons. The molecule has 0 saturated carbocycles. The Morgan fingerprint density at radius 1 is 1.22 bits per heavy atom. The van der Waals surface area contributed by atoms with E-state index < -0.39 is 5.97 Å². The Labute approximate surface area is 133 Å². The molecule has 23 heavy (non-hydrogen) atoms. The average molecular weight is 309 g/mol. The van der Waals surface area contributed by atoms with Gasteiger partial charge in [0, 0.05) is 6.42 Å². The lowest BCUT2D eigenvalue weighted by molar-refractivity contribution is -0.130. The Morgan fingerprint density at radius 3 is 2.70 bits per heavy atom. The van der Waals surface area contributed by atoms with Crippen LogP contribution in [0.25, 0.3) is 6.08 Å². The number of benzene rings is 2. The summed E-state index contributed by atoms with van der Waals surface area (Å²) in [5.41, 5.74) is 1.86. The number of nitrogens with zero attached hydrogens (tertiary/aromatic N) is 1. The number of esters is 1. The number of carbonyl (C=O) groups is 1. The smallest absolute Gasteiger partial charge is 0.363 e. The molecule has 0 amide bonds. The monoisotopic (exact) mass is 309 g/mol. The second-order valence-corrected chi connectivity index (χ2v) is 5.02. The van der Waals surface area contributed by atoms with Crippen molar-refractivity contribution < 1.29 is 19.4 Å². The molecule has 116 valence electrons. The Morgan fingerprint density at radius 2 is 2.00 bits per heavy atom. The molecule has 0 fully saturated rings. The van der Waals surface area contributed by atoms with Gasteiger partial charge < -0.3 is 14.6 Å². The molecule has 0 aromatic heterocycles. The minimum atomic E-state index is -0.494. The van der Waals surface area contributed by atoms with E-state index in [1.807, 2.05) is 30.3 Å². The number of hydrogen-bond donors (Lipinski definition) is 1. The van der Waals surface area contributed by atoms with Crippen molar-refractivity contribution in [1.29, 1.82) is 0 Å². The molecule has 0 unspecified atom stereocenters. The number of aromatic hydroxyl groups is 1. The van der Waals surface area contributed by atoms with Crippen molar-refractivity contribution in [3.8, 4) is 11.5 Å². The third-order valence-electron chi connectivity index (χ3n) is 3.37. The lowest BCUT2D eigenvalue weighted by atomic mass is 10.1. The molecule has 5 nitrogen and oxygen atoms in total. The van der Waals surface area contributed by atoms with Crippen molar-refractivity contribution in [3.05, 3.63) is 65.4 Å². The van der Waals surface area contributed by atoms with Gasteiger partial charge in [-0.3, -0.25) is 0 Å². The predicted octanol–water partition coefficient (Wildman–Crippen LogP) is 2.94. The van der Waals surface area contributed by atoms with E-state index in [4.69, 9.17) is 9.47 Å². The first-order valence-electron chi connectivity index (χ1n) is 7.08. The number of phenols is 1. The third kappa shape index (κ3) is 3.40. The van der Waals surface area contributed by atoms with Gasteiger partial charge in [0.2, 0.25) is 5.90 Å². The third-order valence-corrected chi connectivity index (χ3v) is 3.37. The van der Waals surface area contributed by atoms with Gasteiger partial charge >= 0.3 is 5.97 Å². The first-order valence-corrected chi connectivity index (χ1v) is 7.08. The number of aliphatic imine (C=N–C) groups is 1. The van der Waals surface area contributed by atoms with Crippen LogP contribution in [0.5, 0.6) is 11.5 Å². The van der Waals surface area contributed by atoms with Gasteiger partial charge in [-0.2, -0.15) is 0 Å². The Hall–Kier alpha value is -3.08. The molecule has 0 spiro atoms. The number of ether oxygens (including phenoxy) is 2. The summed E-state index contributed by atoms with van der Waals surface area (Å²) in [6.07, 6.45) is 2.03. The number of hydrogen-bond acceptors (Lipinski definition) is 5. The second kappa shape index (κ2) is 6.36. The minimum Gasteiger partial charge on any atom is -0.504 e. The standard InChI is InChI=1S/C18H15NO4/c1-22-16-8-7-13(10-15(16)20)9-14-18(21)23-17(19-14)11-12-5-3-2-4-6-12/h2-10,20H,11H2,1H3/b14-9+. The summed E-state index contributed by atoms with van der Waals surface area (Å²) in [6.45, 7) is 0. The highest BCUT2D eigenvalue weighted by Gasteiger charge is 2.23. The number of phenolic OH excluding ortho intramolecular Hbond substituents is 1.